The average Bonchev–Trinajstić information content (AvgIpc) is 2.86. The number of benzene rings is 1. The zero-order valence-corrected chi connectivity index (χ0v) is 13.6. The molecule has 2 rings (SSSR count). The van der Waals surface area contributed by atoms with Crippen LogP contribution in [0.2, 0.25) is 0 Å². The standard InChI is InChI=1S/C17H27N3O/c1-5-9-18-13(2)14-6-7-16-15(11-14)8-10-20(16)12-17(21)19(3)4/h6-7,11,13,18H,5,8-10,12H2,1-4H3. The third-order valence-corrected chi connectivity index (χ3v) is 4.12. The molecular formula is C17H27N3O. The Morgan fingerprint density at radius 3 is 2.86 bits per heavy atom. The maximum absolute atomic E-state index is 11.9. The minimum absolute atomic E-state index is 0.157. The van der Waals surface area contributed by atoms with Crippen LogP contribution in [0.25, 0.3) is 0 Å². The first kappa shape index (κ1) is 15.8. The van der Waals surface area contributed by atoms with Crippen molar-refractivity contribution in [3.05, 3.63) is 29.3 Å². The molecule has 0 aliphatic carbocycles. The van der Waals surface area contributed by atoms with Crippen molar-refractivity contribution < 1.29 is 4.79 Å². The van der Waals surface area contributed by atoms with Crippen LogP contribution in [-0.4, -0.2) is 44.5 Å². The molecule has 1 N–H and O–H groups in total. The van der Waals surface area contributed by atoms with Crippen molar-refractivity contribution in [3.8, 4) is 0 Å². The van der Waals surface area contributed by atoms with Crippen LogP contribution >= 0.6 is 0 Å². The quantitative estimate of drug-likeness (QED) is 0.872. The van der Waals surface area contributed by atoms with Gasteiger partial charge in [0, 0.05) is 32.4 Å². The normalized spacial score (nSPS) is 15.0. The van der Waals surface area contributed by atoms with Gasteiger partial charge in [0.1, 0.15) is 0 Å². The first-order valence-corrected chi connectivity index (χ1v) is 7.84. The molecule has 4 heteroatoms. The van der Waals surface area contributed by atoms with Crippen LogP contribution in [0.4, 0.5) is 5.69 Å². The highest BCUT2D eigenvalue weighted by atomic mass is 16.2. The van der Waals surface area contributed by atoms with Gasteiger partial charge in [-0.1, -0.05) is 19.1 Å². The fourth-order valence-corrected chi connectivity index (χ4v) is 2.71. The van der Waals surface area contributed by atoms with E-state index in [1.807, 2.05) is 14.1 Å². The number of anilines is 1. The smallest absolute Gasteiger partial charge is 0.241 e. The van der Waals surface area contributed by atoms with Gasteiger partial charge in [0.05, 0.1) is 6.54 Å². The summed E-state index contributed by atoms with van der Waals surface area (Å²) >= 11 is 0. The first-order valence-electron chi connectivity index (χ1n) is 7.84. The summed E-state index contributed by atoms with van der Waals surface area (Å²) in [6.45, 7) is 6.85. The van der Waals surface area contributed by atoms with Crippen LogP contribution in [0.3, 0.4) is 0 Å². The number of fused-ring (bicyclic) bond motifs is 1. The van der Waals surface area contributed by atoms with Crippen LogP contribution in [-0.2, 0) is 11.2 Å². The van der Waals surface area contributed by atoms with E-state index in [9.17, 15) is 4.79 Å². The number of rotatable bonds is 6. The molecule has 1 unspecified atom stereocenters. The van der Waals surface area contributed by atoms with Crippen LogP contribution < -0.4 is 10.2 Å². The molecular weight excluding hydrogens is 262 g/mol. The molecule has 0 spiro atoms. The Hall–Kier alpha value is -1.55. The number of likely N-dealkylation sites (N-methyl/N-ethyl adjacent to an activating group) is 1. The van der Waals surface area contributed by atoms with E-state index in [2.05, 4.69) is 42.3 Å². The van der Waals surface area contributed by atoms with E-state index in [1.54, 1.807) is 4.90 Å². The number of hydrogen-bond donors (Lipinski definition) is 1. The number of carbonyl (C=O) groups excluding carboxylic acids is 1. The fourth-order valence-electron chi connectivity index (χ4n) is 2.71. The van der Waals surface area contributed by atoms with Gasteiger partial charge in [-0.2, -0.15) is 0 Å². The van der Waals surface area contributed by atoms with Gasteiger partial charge in [-0.3, -0.25) is 4.79 Å². The van der Waals surface area contributed by atoms with E-state index in [1.165, 1.54) is 16.8 Å². The van der Waals surface area contributed by atoms with Crippen LogP contribution in [0.15, 0.2) is 18.2 Å². The van der Waals surface area contributed by atoms with Gasteiger partial charge in [0.15, 0.2) is 0 Å². The topological polar surface area (TPSA) is 35.6 Å². The van der Waals surface area contributed by atoms with Crippen molar-refractivity contribution in [3.63, 3.8) is 0 Å². The predicted molar refractivity (Wildman–Crippen MR) is 87.8 cm³/mol. The molecule has 0 radical (unpaired) electrons. The number of nitrogens with zero attached hydrogens (tertiary/aromatic N) is 2. The minimum Gasteiger partial charge on any atom is -0.362 e. The Morgan fingerprint density at radius 2 is 2.19 bits per heavy atom. The molecule has 4 nitrogen and oxygen atoms in total. The highest BCUT2D eigenvalue weighted by Crippen LogP contribution is 2.30. The summed E-state index contributed by atoms with van der Waals surface area (Å²) in [5, 5.41) is 3.52. The van der Waals surface area contributed by atoms with E-state index in [4.69, 9.17) is 0 Å². The molecule has 1 aliphatic rings. The average molecular weight is 289 g/mol. The lowest BCUT2D eigenvalue weighted by Gasteiger charge is -2.21. The summed E-state index contributed by atoms with van der Waals surface area (Å²) in [5.41, 5.74) is 3.92. The van der Waals surface area contributed by atoms with E-state index >= 15 is 0 Å². The van der Waals surface area contributed by atoms with Gasteiger partial charge >= 0.3 is 0 Å². The zero-order chi connectivity index (χ0) is 15.4. The highest BCUT2D eigenvalue weighted by molar-refractivity contribution is 5.82. The molecule has 1 atom stereocenters. The second-order valence-corrected chi connectivity index (χ2v) is 6.02. The Bertz CT molecular complexity index is 499. The van der Waals surface area contributed by atoms with E-state index in [-0.39, 0.29) is 5.91 Å². The minimum atomic E-state index is 0.157. The van der Waals surface area contributed by atoms with Gasteiger partial charge in [0.2, 0.25) is 5.91 Å². The Balaban J connectivity index is 2.07. The lowest BCUT2D eigenvalue weighted by molar-refractivity contribution is -0.127. The van der Waals surface area contributed by atoms with Gasteiger partial charge in [-0.25, -0.2) is 0 Å². The maximum atomic E-state index is 11.9. The van der Waals surface area contributed by atoms with Crippen LogP contribution in [0, 0.1) is 0 Å². The lowest BCUT2D eigenvalue weighted by Crippen LogP contribution is -2.35. The van der Waals surface area contributed by atoms with Gasteiger partial charge < -0.3 is 15.1 Å². The Morgan fingerprint density at radius 1 is 1.43 bits per heavy atom. The molecule has 0 aromatic heterocycles. The summed E-state index contributed by atoms with van der Waals surface area (Å²) in [5.74, 6) is 0.157. The van der Waals surface area contributed by atoms with Crippen molar-refractivity contribution in [2.75, 3.05) is 38.6 Å². The van der Waals surface area contributed by atoms with Crippen molar-refractivity contribution in [2.45, 2.75) is 32.7 Å². The lowest BCUT2D eigenvalue weighted by atomic mass is 10.0. The third kappa shape index (κ3) is 3.76. The van der Waals surface area contributed by atoms with Crippen molar-refractivity contribution in [1.29, 1.82) is 0 Å². The number of amides is 1. The van der Waals surface area contributed by atoms with Crippen molar-refractivity contribution >= 4 is 11.6 Å². The van der Waals surface area contributed by atoms with Gasteiger partial charge in [-0.05, 0) is 43.5 Å². The van der Waals surface area contributed by atoms with E-state index < -0.39 is 0 Å². The van der Waals surface area contributed by atoms with E-state index in [0.29, 0.717) is 12.6 Å². The monoisotopic (exact) mass is 289 g/mol. The molecule has 1 amide bonds. The first-order chi connectivity index (χ1) is 10.0. The van der Waals surface area contributed by atoms with Crippen molar-refractivity contribution in [2.24, 2.45) is 0 Å². The zero-order valence-electron chi connectivity index (χ0n) is 13.6. The van der Waals surface area contributed by atoms with Crippen LogP contribution in [0.5, 0.6) is 0 Å². The number of carbonyl (C=O) groups is 1. The maximum Gasteiger partial charge on any atom is 0.241 e. The third-order valence-electron chi connectivity index (χ3n) is 4.12. The van der Waals surface area contributed by atoms with Crippen molar-refractivity contribution in [1.82, 2.24) is 10.2 Å². The van der Waals surface area contributed by atoms with Gasteiger partial charge in [-0.15, -0.1) is 0 Å². The molecule has 116 valence electrons. The summed E-state index contributed by atoms with van der Waals surface area (Å²) in [7, 11) is 3.62. The van der Waals surface area contributed by atoms with Crippen LogP contribution in [0.1, 0.15) is 37.4 Å². The molecule has 0 fully saturated rings. The predicted octanol–water partition coefficient (Wildman–Crippen LogP) is 2.20. The molecule has 1 aromatic rings. The molecule has 0 saturated heterocycles. The number of hydrogen-bond acceptors (Lipinski definition) is 3. The summed E-state index contributed by atoms with van der Waals surface area (Å²) < 4.78 is 0. The van der Waals surface area contributed by atoms with E-state index in [0.717, 1.165) is 25.9 Å². The molecule has 21 heavy (non-hydrogen) atoms. The summed E-state index contributed by atoms with van der Waals surface area (Å²) in [6, 6.07) is 7.03. The second kappa shape index (κ2) is 6.94. The summed E-state index contributed by atoms with van der Waals surface area (Å²) in [4.78, 5) is 15.7. The molecule has 1 aliphatic heterocycles. The largest absolute Gasteiger partial charge is 0.362 e. The highest BCUT2D eigenvalue weighted by Gasteiger charge is 2.22. The molecule has 1 heterocycles. The molecule has 0 bridgehead atoms. The molecule has 1 aromatic carbocycles. The second-order valence-electron chi connectivity index (χ2n) is 6.02. The number of nitrogens with one attached hydrogen (secondary N) is 1. The Kier molecular flexibility index (Phi) is 5.23. The Labute approximate surface area is 128 Å². The SMILES string of the molecule is CCCNC(C)c1ccc2c(c1)CCN2CC(=O)N(C)C. The fraction of sp³-hybridized carbons (Fsp3) is 0.588. The van der Waals surface area contributed by atoms with Gasteiger partial charge in [0.25, 0.3) is 0 Å². The summed E-state index contributed by atoms with van der Waals surface area (Å²) in [6.07, 6.45) is 2.18. The molecule has 0 saturated carbocycles.